The topological polar surface area (TPSA) is 84.9 Å². The van der Waals surface area contributed by atoms with Crippen molar-refractivity contribution in [2.45, 2.75) is 31.6 Å². The summed E-state index contributed by atoms with van der Waals surface area (Å²) in [5.41, 5.74) is 1.60. The molecule has 0 unspecified atom stereocenters. The fourth-order valence-electron chi connectivity index (χ4n) is 3.51. The van der Waals surface area contributed by atoms with E-state index in [1.807, 2.05) is 13.0 Å². The first-order valence-corrected chi connectivity index (χ1v) is 11.3. The zero-order valence-electron chi connectivity index (χ0n) is 17.8. The number of methoxy groups -OCH3 is 2. The first kappa shape index (κ1) is 22.1. The Morgan fingerprint density at radius 2 is 1.67 bits per heavy atom. The van der Waals surface area contributed by atoms with Gasteiger partial charge in [-0.15, -0.1) is 0 Å². The first-order chi connectivity index (χ1) is 14.3. The number of carbonyl (C=O) groups is 1. The minimum absolute atomic E-state index is 0.0826. The van der Waals surface area contributed by atoms with Gasteiger partial charge in [-0.2, -0.15) is 4.31 Å². The Labute approximate surface area is 178 Å². The van der Waals surface area contributed by atoms with Gasteiger partial charge in [-0.05, 0) is 61.6 Å². The lowest BCUT2D eigenvalue weighted by atomic mass is 10.0. The molecule has 0 atom stereocenters. The van der Waals surface area contributed by atoms with Crippen molar-refractivity contribution >= 4 is 21.6 Å². The number of carbonyl (C=O) groups excluding carboxylic acids is 1. The highest BCUT2D eigenvalue weighted by Crippen LogP contribution is 2.30. The van der Waals surface area contributed by atoms with Gasteiger partial charge in [0.25, 0.3) is 5.91 Å². The fraction of sp³-hybridized carbons (Fsp3) is 0.409. The highest BCUT2D eigenvalue weighted by molar-refractivity contribution is 7.89. The summed E-state index contributed by atoms with van der Waals surface area (Å²) in [7, 11) is -0.720. The number of aryl methyl sites for hydroxylation is 1. The third-order valence-corrected chi connectivity index (χ3v) is 7.29. The molecule has 1 saturated heterocycles. The molecule has 0 saturated carbocycles. The van der Waals surface area contributed by atoms with E-state index in [-0.39, 0.29) is 10.5 Å². The molecular formula is C22H28N2O5S. The molecule has 1 aliphatic rings. The largest absolute Gasteiger partial charge is 0.496 e. The van der Waals surface area contributed by atoms with E-state index in [0.717, 1.165) is 18.4 Å². The van der Waals surface area contributed by atoms with E-state index in [9.17, 15) is 13.2 Å². The molecule has 1 amide bonds. The molecule has 30 heavy (non-hydrogen) atoms. The number of sulfonamides is 1. The zero-order chi connectivity index (χ0) is 21.9. The molecule has 0 bridgehead atoms. The predicted octanol–water partition coefficient (Wildman–Crippen LogP) is 3.69. The molecule has 1 N–H and O–H groups in total. The predicted molar refractivity (Wildman–Crippen MR) is 116 cm³/mol. The molecule has 2 aromatic rings. The summed E-state index contributed by atoms with van der Waals surface area (Å²) in [5, 5.41) is 2.80. The molecule has 3 rings (SSSR count). The summed E-state index contributed by atoms with van der Waals surface area (Å²) >= 11 is 0. The zero-order valence-corrected chi connectivity index (χ0v) is 18.6. The van der Waals surface area contributed by atoms with Crippen LogP contribution in [0, 0.1) is 12.8 Å². The lowest BCUT2D eigenvalue weighted by Crippen LogP contribution is -2.37. The van der Waals surface area contributed by atoms with Crippen LogP contribution in [-0.4, -0.2) is 45.9 Å². The van der Waals surface area contributed by atoms with Gasteiger partial charge in [0.15, 0.2) is 0 Å². The molecule has 0 aliphatic carbocycles. The van der Waals surface area contributed by atoms with Gasteiger partial charge >= 0.3 is 0 Å². The van der Waals surface area contributed by atoms with Crippen LogP contribution in [0.4, 0.5) is 5.69 Å². The number of anilines is 1. The Balaban J connectivity index is 1.93. The number of hydrogen-bond donors (Lipinski definition) is 1. The number of rotatable bonds is 6. The van der Waals surface area contributed by atoms with Crippen molar-refractivity contribution < 1.29 is 22.7 Å². The minimum Gasteiger partial charge on any atom is -0.496 e. The van der Waals surface area contributed by atoms with Crippen LogP contribution in [0.25, 0.3) is 0 Å². The average molecular weight is 433 g/mol. The molecule has 162 valence electrons. The molecule has 1 heterocycles. The molecule has 0 spiro atoms. The van der Waals surface area contributed by atoms with Gasteiger partial charge in [0, 0.05) is 13.1 Å². The number of hydrogen-bond acceptors (Lipinski definition) is 5. The Morgan fingerprint density at radius 1 is 1.03 bits per heavy atom. The summed E-state index contributed by atoms with van der Waals surface area (Å²) < 4.78 is 38.3. The molecule has 0 aromatic heterocycles. The lowest BCUT2D eigenvalue weighted by Gasteiger charge is -2.29. The van der Waals surface area contributed by atoms with Gasteiger partial charge in [0.05, 0.1) is 30.4 Å². The third kappa shape index (κ3) is 4.60. The van der Waals surface area contributed by atoms with Crippen LogP contribution in [0.1, 0.15) is 35.7 Å². The molecule has 8 heteroatoms. The van der Waals surface area contributed by atoms with Gasteiger partial charge < -0.3 is 14.8 Å². The maximum Gasteiger partial charge on any atom is 0.259 e. The number of nitrogens with zero attached hydrogens (tertiary/aromatic N) is 1. The number of benzene rings is 2. The molecule has 2 aromatic carbocycles. The molecular weight excluding hydrogens is 404 g/mol. The summed E-state index contributed by atoms with van der Waals surface area (Å²) in [6, 6.07) is 9.81. The van der Waals surface area contributed by atoms with E-state index in [2.05, 4.69) is 12.2 Å². The average Bonchev–Trinajstić information content (AvgIpc) is 2.73. The van der Waals surface area contributed by atoms with Crippen LogP contribution < -0.4 is 14.8 Å². The highest BCUT2D eigenvalue weighted by atomic mass is 32.2. The van der Waals surface area contributed by atoms with Crippen molar-refractivity contribution in [1.82, 2.24) is 4.31 Å². The van der Waals surface area contributed by atoms with Crippen molar-refractivity contribution in [3.8, 4) is 11.5 Å². The smallest absolute Gasteiger partial charge is 0.259 e. The van der Waals surface area contributed by atoms with Crippen LogP contribution in [0.5, 0.6) is 11.5 Å². The second-order valence-electron chi connectivity index (χ2n) is 7.61. The number of nitrogens with one attached hydrogen (secondary N) is 1. The normalized spacial score (nSPS) is 15.6. The number of piperidine rings is 1. The van der Waals surface area contributed by atoms with Crippen molar-refractivity contribution in [2.75, 3.05) is 32.6 Å². The van der Waals surface area contributed by atoms with E-state index < -0.39 is 15.9 Å². The SMILES string of the molecule is COc1ccc(C)cc1NC(=O)c1cc(S(=O)(=O)N2CCC(C)CC2)ccc1OC. The highest BCUT2D eigenvalue weighted by Gasteiger charge is 2.29. The molecule has 1 fully saturated rings. The first-order valence-electron chi connectivity index (χ1n) is 9.90. The lowest BCUT2D eigenvalue weighted by molar-refractivity contribution is 0.102. The van der Waals surface area contributed by atoms with E-state index >= 15 is 0 Å². The summed E-state index contributed by atoms with van der Waals surface area (Å²) in [6.45, 7) is 5.00. The Bertz CT molecular complexity index is 1030. The van der Waals surface area contributed by atoms with Gasteiger partial charge in [0.2, 0.25) is 10.0 Å². The summed E-state index contributed by atoms with van der Waals surface area (Å²) in [5.74, 6) is 0.850. The van der Waals surface area contributed by atoms with Crippen molar-refractivity contribution in [1.29, 1.82) is 0 Å². The van der Waals surface area contributed by atoms with Gasteiger partial charge in [-0.1, -0.05) is 13.0 Å². The van der Waals surface area contributed by atoms with E-state index in [1.54, 1.807) is 12.1 Å². The quantitative estimate of drug-likeness (QED) is 0.753. The van der Waals surface area contributed by atoms with Crippen LogP contribution in [0.15, 0.2) is 41.3 Å². The monoisotopic (exact) mass is 432 g/mol. The Hall–Kier alpha value is -2.58. The van der Waals surface area contributed by atoms with Gasteiger partial charge in [-0.3, -0.25) is 4.79 Å². The number of amides is 1. The second-order valence-corrected chi connectivity index (χ2v) is 9.54. The maximum atomic E-state index is 13.1. The van der Waals surface area contributed by atoms with E-state index in [1.165, 1.54) is 36.7 Å². The molecule has 1 aliphatic heterocycles. The Morgan fingerprint density at radius 3 is 2.30 bits per heavy atom. The van der Waals surface area contributed by atoms with Crippen LogP contribution in [0.3, 0.4) is 0 Å². The second kappa shape index (κ2) is 9.06. The van der Waals surface area contributed by atoms with Crippen molar-refractivity contribution in [2.24, 2.45) is 5.92 Å². The Kier molecular flexibility index (Phi) is 6.67. The fourth-order valence-corrected chi connectivity index (χ4v) is 5.00. The van der Waals surface area contributed by atoms with Crippen LogP contribution in [-0.2, 0) is 10.0 Å². The van der Waals surface area contributed by atoms with Crippen molar-refractivity contribution in [3.63, 3.8) is 0 Å². The molecule has 7 nitrogen and oxygen atoms in total. The molecule has 0 radical (unpaired) electrons. The maximum absolute atomic E-state index is 13.1. The summed E-state index contributed by atoms with van der Waals surface area (Å²) in [6.07, 6.45) is 1.66. The van der Waals surface area contributed by atoms with Crippen molar-refractivity contribution in [3.05, 3.63) is 47.5 Å². The minimum atomic E-state index is -3.69. The van der Waals surface area contributed by atoms with Crippen LogP contribution >= 0.6 is 0 Å². The number of ether oxygens (including phenoxy) is 2. The summed E-state index contributed by atoms with van der Waals surface area (Å²) in [4.78, 5) is 13.1. The van der Waals surface area contributed by atoms with Crippen LogP contribution in [0.2, 0.25) is 0 Å². The van der Waals surface area contributed by atoms with E-state index in [0.29, 0.717) is 36.2 Å². The van der Waals surface area contributed by atoms with E-state index in [4.69, 9.17) is 9.47 Å². The van der Waals surface area contributed by atoms with Gasteiger partial charge in [0.1, 0.15) is 11.5 Å². The standard InChI is InChI=1S/C22H28N2O5S/c1-15-9-11-24(12-10-15)30(26,27)17-6-8-20(28-3)18(14-17)22(25)23-19-13-16(2)5-7-21(19)29-4/h5-8,13-15H,9-12H2,1-4H3,(H,23,25). The van der Waals surface area contributed by atoms with Gasteiger partial charge in [-0.25, -0.2) is 8.42 Å². The third-order valence-electron chi connectivity index (χ3n) is 5.40.